The van der Waals surface area contributed by atoms with Crippen molar-refractivity contribution in [2.75, 3.05) is 20.8 Å². The summed E-state index contributed by atoms with van der Waals surface area (Å²) >= 11 is 0. The van der Waals surface area contributed by atoms with E-state index < -0.39 is 6.10 Å². The number of aliphatic hydroxyl groups is 1. The minimum absolute atomic E-state index is 0.265. The van der Waals surface area contributed by atoms with Crippen LogP contribution < -0.4 is 0 Å². The van der Waals surface area contributed by atoms with Crippen LogP contribution in [0, 0.1) is 0 Å². The van der Waals surface area contributed by atoms with Gasteiger partial charge in [0.25, 0.3) is 0 Å². The van der Waals surface area contributed by atoms with Crippen LogP contribution >= 0.6 is 0 Å². The van der Waals surface area contributed by atoms with Gasteiger partial charge in [0.2, 0.25) is 0 Å². The van der Waals surface area contributed by atoms with E-state index in [1.807, 2.05) is 0 Å². The Morgan fingerprint density at radius 2 is 2.08 bits per heavy atom. The summed E-state index contributed by atoms with van der Waals surface area (Å²) < 4.78 is 9.19. The molecule has 4 heteroatoms. The fourth-order valence-corrected chi connectivity index (χ4v) is 0.785. The second-order valence-electron chi connectivity index (χ2n) is 2.55. The fraction of sp³-hybridized carbons (Fsp3) is 0.875. The van der Waals surface area contributed by atoms with Gasteiger partial charge in [-0.25, -0.2) is 0 Å². The molecule has 12 heavy (non-hydrogen) atoms. The molecule has 0 heterocycles. The van der Waals surface area contributed by atoms with E-state index in [1.165, 1.54) is 7.11 Å². The lowest BCUT2D eigenvalue weighted by atomic mass is 10.1. The first-order valence-corrected chi connectivity index (χ1v) is 3.94. The molecule has 0 saturated carbocycles. The van der Waals surface area contributed by atoms with Gasteiger partial charge in [-0.1, -0.05) is 0 Å². The van der Waals surface area contributed by atoms with E-state index in [2.05, 4.69) is 4.74 Å². The minimum Gasteiger partial charge on any atom is -0.469 e. The summed E-state index contributed by atoms with van der Waals surface area (Å²) in [5.74, 6) is -0.286. The summed E-state index contributed by atoms with van der Waals surface area (Å²) in [5.41, 5.74) is 0. The molecule has 0 aromatic heterocycles. The highest BCUT2D eigenvalue weighted by molar-refractivity contribution is 5.69. The first kappa shape index (κ1) is 11.4. The number of aliphatic hydroxyl groups excluding tert-OH is 1. The standard InChI is InChI=1S/C8H16O4/c1-11-6-5-7(9)3-4-8(10)12-2/h7,9H,3-6H2,1-2H3. The number of carbonyl (C=O) groups excluding carboxylic acids is 1. The van der Waals surface area contributed by atoms with Gasteiger partial charge in [-0.05, 0) is 12.8 Å². The average Bonchev–Trinajstić information content (AvgIpc) is 2.10. The molecule has 72 valence electrons. The van der Waals surface area contributed by atoms with Gasteiger partial charge in [-0.15, -0.1) is 0 Å². The summed E-state index contributed by atoms with van der Waals surface area (Å²) in [6, 6.07) is 0. The molecule has 0 aromatic rings. The normalized spacial score (nSPS) is 12.6. The molecular weight excluding hydrogens is 160 g/mol. The Kier molecular flexibility index (Phi) is 6.70. The van der Waals surface area contributed by atoms with Crippen molar-refractivity contribution in [3.63, 3.8) is 0 Å². The molecule has 1 unspecified atom stereocenters. The van der Waals surface area contributed by atoms with Crippen LogP contribution in [0.5, 0.6) is 0 Å². The van der Waals surface area contributed by atoms with E-state index >= 15 is 0 Å². The molecule has 0 radical (unpaired) electrons. The first-order valence-electron chi connectivity index (χ1n) is 3.94. The smallest absolute Gasteiger partial charge is 0.305 e. The predicted molar refractivity (Wildman–Crippen MR) is 43.7 cm³/mol. The van der Waals surface area contributed by atoms with Crippen molar-refractivity contribution in [3.8, 4) is 0 Å². The fourth-order valence-electron chi connectivity index (χ4n) is 0.785. The molecule has 0 spiro atoms. The average molecular weight is 176 g/mol. The SMILES string of the molecule is COCCC(O)CCC(=O)OC. The third kappa shape index (κ3) is 6.12. The van der Waals surface area contributed by atoms with E-state index in [0.717, 1.165) is 0 Å². The van der Waals surface area contributed by atoms with Gasteiger partial charge >= 0.3 is 5.97 Å². The third-order valence-corrected chi connectivity index (χ3v) is 1.56. The second kappa shape index (κ2) is 7.06. The number of hydrogen-bond acceptors (Lipinski definition) is 4. The molecule has 0 aliphatic rings. The largest absolute Gasteiger partial charge is 0.469 e. The van der Waals surface area contributed by atoms with Gasteiger partial charge in [-0.2, -0.15) is 0 Å². The van der Waals surface area contributed by atoms with Crippen LogP contribution in [0.2, 0.25) is 0 Å². The van der Waals surface area contributed by atoms with Crippen molar-refractivity contribution < 1.29 is 19.4 Å². The second-order valence-corrected chi connectivity index (χ2v) is 2.55. The Balaban J connectivity index is 3.30. The summed E-state index contributed by atoms with van der Waals surface area (Å²) in [7, 11) is 2.91. The predicted octanol–water partition coefficient (Wildman–Crippen LogP) is 0.337. The van der Waals surface area contributed by atoms with Crippen molar-refractivity contribution in [2.45, 2.75) is 25.4 Å². The zero-order valence-corrected chi connectivity index (χ0v) is 7.58. The van der Waals surface area contributed by atoms with Crippen LogP contribution in [-0.4, -0.2) is 38.0 Å². The summed E-state index contributed by atoms with van der Waals surface area (Å²) in [6.45, 7) is 0.516. The van der Waals surface area contributed by atoms with Crippen molar-refractivity contribution in [2.24, 2.45) is 0 Å². The summed E-state index contributed by atoms with van der Waals surface area (Å²) in [4.78, 5) is 10.6. The number of carbonyl (C=O) groups is 1. The van der Waals surface area contributed by atoms with E-state index in [9.17, 15) is 9.90 Å². The number of hydrogen-bond donors (Lipinski definition) is 1. The molecular formula is C8H16O4. The Bertz CT molecular complexity index is 124. The lowest BCUT2D eigenvalue weighted by molar-refractivity contribution is -0.141. The molecule has 0 aromatic carbocycles. The highest BCUT2D eigenvalue weighted by atomic mass is 16.5. The van der Waals surface area contributed by atoms with Crippen molar-refractivity contribution in [1.82, 2.24) is 0 Å². The molecule has 4 nitrogen and oxygen atoms in total. The van der Waals surface area contributed by atoms with Crippen LogP contribution in [0.4, 0.5) is 0 Å². The molecule has 0 fully saturated rings. The maximum atomic E-state index is 10.6. The molecule has 0 bridgehead atoms. The third-order valence-electron chi connectivity index (χ3n) is 1.56. The van der Waals surface area contributed by atoms with E-state index in [0.29, 0.717) is 19.4 Å². The van der Waals surface area contributed by atoms with Crippen molar-refractivity contribution in [3.05, 3.63) is 0 Å². The van der Waals surface area contributed by atoms with Gasteiger partial charge < -0.3 is 14.6 Å². The zero-order valence-electron chi connectivity index (χ0n) is 7.58. The maximum absolute atomic E-state index is 10.6. The molecule has 0 aliphatic carbocycles. The maximum Gasteiger partial charge on any atom is 0.305 e. The topological polar surface area (TPSA) is 55.8 Å². The number of methoxy groups -OCH3 is 2. The van der Waals surface area contributed by atoms with Crippen LogP contribution in [0.15, 0.2) is 0 Å². The van der Waals surface area contributed by atoms with Gasteiger partial charge in [0, 0.05) is 20.1 Å². The molecule has 1 atom stereocenters. The number of esters is 1. The van der Waals surface area contributed by atoms with Crippen LogP contribution in [0.3, 0.4) is 0 Å². The first-order chi connectivity index (χ1) is 5.70. The van der Waals surface area contributed by atoms with Crippen LogP contribution in [-0.2, 0) is 14.3 Å². The Hall–Kier alpha value is -0.610. The lowest BCUT2D eigenvalue weighted by Crippen LogP contribution is -2.12. The van der Waals surface area contributed by atoms with E-state index in [1.54, 1.807) is 7.11 Å². The monoisotopic (exact) mass is 176 g/mol. The van der Waals surface area contributed by atoms with Gasteiger partial charge in [0.1, 0.15) is 0 Å². The van der Waals surface area contributed by atoms with Crippen molar-refractivity contribution >= 4 is 5.97 Å². The van der Waals surface area contributed by atoms with Gasteiger partial charge in [-0.3, -0.25) is 4.79 Å². The van der Waals surface area contributed by atoms with Crippen molar-refractivity contribution in [1.29, 1.82) is 0 Å². The highest BCUT2D eigenvalue weighted by Gasteiger charge is 2.07. The van der Waals surface area contributed by atoms with Gasteiger partial charge in [0.05, 0.1) is 13.2 Å². The highest BCUT2D eigenvalue weighted by Crippen LogP contribution is 2.02. The van der Waals surface area contributed by atoms with E-state index in [-0.39, 0.29) is 12.4 Å². The molecule has 0 aliphatic heterocycles. The number of rotatable bonds is 6. The number of ether oxygens (including phenoxy) is 2. The minimum atomic E-state index is -0.468. The Labute approximate surface area is 72.5 Å². The Morgan fingerprint density at radius 3 is 2.58 bits per heavy atom. The zero-order chi connectivity index (χ0) is 9.40. The summed E-state index contributed by atoms with van der Waals surface area (Å²) in [6.07, 6.45) is 0.800. The van der Waals surface area contributed by atoms with Gasteiger partial charge in [0.15, 0.2) is 0 Å². The molecule has 0 rings (SSSR count). The Morgan fingerprint density at radius 1 is 1.42 bits per heavy atom. The lowest BCUT2D eigenvalue weighted by Gasteiger charge is -2.07. The van der Waals surface area contributed by atoms with E-state index in [4.69, 9.17) is 4.74 Å². The molecule has 0 amide bonds. The van der Waals surface area contributed by atoms with Crippen LogP contribution in [0.25, 0.3) is 0 Å². The quantitative estimate of drug-likeness (QED) is 0.593. The summed E-state index contributed by atoms with van der Waals surface area (Å²) in [5, 5.41) is 9.24. The molecule has 0 saturated heterocycles. The van der Waals surface area contributed by atoms with Crippen LogP contribution in [0.1, 0.15) is 19.3 Å². The molecule has 1 N–H and O–H groups in total.